The monoisotopic (exact) mass is 504 g/mol. The van der Waals surface area contributed by atoms with Crippen molar-refractivity contribution >= 4 is 23.4 Å². The molecule has 36 heavy (non-hydrogen) atoms. The Hall–Kier alpha value is -3.91. The second kappa shape index (κ2) is 11.2. The molecule has 0 N–H and O–H groups in total. The predicted molar refractivity (Wildman–Crippen MR) is 140 cm³/mol. The standard InChI is InChI=1S/C28H28N2O5S/c1-5-16-35-21-14-10-8-12-19(21)17-23-26(31)30-25(20-13-9-11-15-22(20)33-6-2)24(27(32)34-7-3)18(4)29-28(30)36-23/h5,8-15,17,25H,1,6-7,16H2,2-4H3/b23-17+/t25-/m1/s1. The summed E-state index contributed by atoms with van der Waals surface area (Å²) in [5.74, 6) is 0.733. The van der Waals surface area contributed by atoms with Gasteiger partial charge in [0.1, 0.15) is 24.1 Å². The average molecular weight is 505 g/mol. The Bertz CT molecular complexity index is 1500. The van der Waals surface area contributed by atoms with Crippen molar-refractivity contribution in [2.45, 2.75) is 26.8 Å². The van der Waals surface area contributed by atoms with Crippen LogP contribution in [0.25, 0.3) is 6.08 Å². The van der Waals surface area contributed by atoms with Crippen molar-refractivity contribution in [3.05, 3.63) is 103 Å². The summed E-state index contributed by atoms with van der Waals surface area (Å²) in [6.45, 7) is 10.1. The van der Waals surface area contributed by atoms with E-state index in [1.165, 1.54) is 11.3 Å². The molecular formula is C28H28N2O5S. The van der Waals surface area contributed by atoms with Crippen LogP contribution < -0.4 is 24.4 Å². The van der Waals surface area contributed by atoms with Gasteiger partial charge < -0.3 is 14.2 Å². The first-order valence-electron chi connectivity index (χ1n) is 11.7. The third kappa shape index (κ3) is 4.90. The Labute approximate surface area is 213 Å². The molecule has 186 valence electrons. The van der Waals surface area contributed by atoms with Gasteiger partial charge in [0.05, 0.1) is 29.0 Å². The molecule has 0 spiro atoms. The third-order valence-corrected chi connectivity index (χ3v) is 6.58. The summed E-state index contributed by atoms with van der Waals surface area (Å²) in [6, 6.07) is 14.2. The van der Waals surface area contributed by atoms with Gasteiger partial charge in [0.25, 0.3) is 5.56 Å². The number of carbonyl (C=O) groups excluding carboxylic acids is 1. The minimum atomic E-state index is -0.738. The fourth-order valence-corrected chi connectivity index (χ4v) is 5.14. The van der Waals surface area contributed by atoms with E-state index in [1.807, 2.05) is 55.5 Å². The number of nitrogens with zero attached hydrogens (tertiary/aromatic N) is 2. The Kier molecular flexibility index (Phi) is 7.85. The van der Waals surface area contributed by atoms with Crippen molar-refractivity contribution in [1.29, 1.82) is 0 Å². The molecule has 2 heterocycles. The van der Waals surface area contributed by atoms with Gasteiger partial charge in [-0.3, -0.25) is 9.36 Å². The molecule has 7 nitrogen and oxygen atoms in total. The number of benzene rings is 2. The molecule has 1 aromatic heterocycles. The maximum Gasteiger partial charge on any atom is 0.338 e. The highest BCUT2D eigenvalue weighted by Gasteiger charge is 2.35. The second-order valence-electron chi connectivity index (χ2n) is 7.91. The van der Waals surface area contributed by atoms with E-state index in [0.717, 1.165) is 5.56 Å². The van der Waals surface area contributed by atoms with Crippen molar-refractivity contribution in [3.8, 4) is 11.5 Å². The van der Waals surface area contributed by atoms with E-state index in [9.17, 15) is 9.59 Å². The smallest absolute Gasteiger partial charge is 0.338 e. The van der Waals surface area contributed by atoms with Crippen LogP contribution in [0.5, 0.6) is 11.5 Å². The summed E-state index contributed by atoms with van der Waals surface area (Å²) in [5.41, 5.74) is 2.02. The van der Waals surface area contributed by atoms with Crippen molar-refractivity contribution in [2.75, 3.05) is 19.8 Å². The molecule has 0 aliphatic carbocycles. The van der Waals surface area contributed by atoms with Crippen LogP contribution in [-0.2, 0) is 9.53 Å². The first-order valence-corrected chi connectivity index (χ1v) is 12.6. The van der Waals surface area contributed by atoms with Gasteiger partial charge >= 0.3 is 5.97 Å². The van der Waals surface area contributed by atoms with Crippen LogP contribution in [0.1, 0.15) is 37.9 Å². The summed E-state index contributed by atoms with van der Waals surface area (Å²) in [5, 5.41) is 0. The summed E-state index contributed by atoms with van der Waals surface area (Å²) in [4.78, 5) is 32.1. The molecule has 0 saturated carbocycles. The lowest BCUT2D eigenvalue weighted by Crippen LogP contribution is -2.40. The van der Waals surface area contributed by atoms with Crippen LogP contribution in [0.2, 0.25) is 0 Å². The molecule has 1 atom stereocenters. The number of rotatable bonds is 9. The van der Waals surface area contributed by atoms with Crippen molar-refractivity contribution in [1.82, 2.24) is 4.57 Å². The van der Waals surface area contributed by atoms with Crippen molar-refractivity contribution < 1.29 is 19.0 Å². The quantitative estimate of drug-likeness (QED) is 0.328. The molecular weight excluding hydrogens is 476 g/mol. The maximum absolute atomic E-state index is 13.8. The normalized spacial score (nSPS) is 15.2. The molecule has 0 fully saturated rings. The number of fused-ring (bicyclic) bond motifs is 1. The molecule has 0 amide bonds. The Balaban J connectivity index is 1.96. The van der Waals surface area contributed by atoms with Gasteiger partial charge in [-0.05, 0) is 39.0 Å². The summed E-state index contributed by atoms with van der Waals surface area (Å²) < 4.78 is 19.0. The third-order valence-electron chi connectivity index (χ3n) is 5.59. The van der Waals surface area contributed by atoms with Gasteiger partial charge in [-0.1, -0.05) is 60.4 Å². The number of thiazole rings is 1. The van der Waals surface area contributed by atoms with Crippen LogP contribution in [0, 0.1) is 0 Å². The second-order valence-corrected chi connectivity index (χ2v) is 8.92. The van der Waals surface area contributed by atoms with Gasteiger partial charge in [0.2, 0.25) is 0 Å². The summed E-state index contributed by atoms with van der Waals surface area (Å²) >= 11 is 1.26. The fraction of sp³-hybridized carbons (Fsp3) is 0.250. The zero-order chi connectivity index (χ0) is 25.7. The lowest BCUT2D eigenvalue weighted by atomic mass is 9.95. The Morgan fingerprint density at radius 2 is 1.81 bits per heavy atom. The van der Waals surface area contributed by atoms with Gasteiger partial charge in [-0.25, -0.2) is 9.79 Å². The number of allylic oxidation sites excluding steroid dienone is 1. The number of esters is 1. The van der Waals surface area contributed by atoms with E-state index in [1.54, 1.807) is 30.6 Å². The minimum Gasteiger partial charge on any atom is -0.494 e. The van der Waals surface area contributed by atoms with Gasteiger partial charge in [0.15, 0.2) is 4.80 Å². The molecule has 2 aromatic carbocycles. The number of hydrogen-bond donors (Lipinski definition) is 0. The average Bonchev–Trinajstić information content (AvgIpc) is 3.17. The Morgan fingerprint density at radius 1 is 1.08 bits per heavy atom. The van der Waals surface area contributed by atoms with Crippen LogP contribution in [-0.4, -0.2) is 30.4 Å². The van der Waals surface area contributed by atoms with Crippen LogP contribution in [0.4, 0.5) is 0 Å². The molecule has 0 radical (unpaired) electrons. The molecule has 1 aliphatic heterocycles. The van der Waals surface area contributed by atoms with E-state index >= 15 is 0 Å². The highest BCUT2D eigenvalue weighted by Crippen LogP contribution is 2.35. The lowest BCUT2D eigenvalue weighted by Gasteiger charge is -2.26. The first kappa shape index (κ1) is 25.2. The highest BCUT2D eigenvalue weighted by molar-refractivity contribution is 7.07. The molecule has 3 aromatic rings. The SMILES string of the molecule is C=CCOc1ccccc1/C=c1/sc2n(c1=O)[C@H](c1ccccc1OCC)C(C(=O)OCC)=C(C)N=2. The van der Waals surface area contributed by atoms with E-state index in [2.05, 4.69) is 11.6 Å². The topological polar surface area (TPSA) is 79.1 Å². The highest BCUT2D eigenvalue weighted by atomic mass is 32.1. The largest absolute Gasteiger partial charge is 0.494 e. The maximum atomic E-state index is 13.8. The van der Waals surface area contributed by atoms with Crippen LogP contribution in [0.15, 0.2) is 82.2 Å². The predicted octanol–water partition coefficient (Wildman–Crippen LogP) is 3.76. The number of aromatic nitrogens is 1. The first-order chi connectivity index (χ1) is 17.5. The summed E-state index contributed by atoms with van der Waals surface area (Å²) in [7, 11) is 0. The lowest BCUT2D eigenvalue weighted by molar-refractivity contribution is -0.139. The van der Waals surface area contributed by atoms with Gasteiger partial charge in [-0.15, -0.1) is 0 Å². The van der Waals surface area contributed by atoms with Crippen molar-refractivity contribution in [2.24, 2.45) is 4.99 Å². The van der Waals surface area contributed by atoms with Gasteiger partial charge in [0, 0.05) is 11.1 Å². The molecule has 4 rings (SSSR count). The zero-order valence-corrected chi connectivity index (χ0v) is 21.3. The zero-order valence-electron chi connectivity index (χ0n) is 20.5. The number of hydrogen-bond acceptors (Lipinski definition) is 7. The van der Waals surface area contributed by atoms with Crippen molar-refractivity contribution in [3.63, 3.8) is 0 Å². The molecule has 0 saturated heterocycles. The molecule has 8 heteroatoms. The minimum absolute atomic E-state index is 0.210. The van der Waals surface area contributed by atoms with E-state index in [-0.39, 0.29) is 12.2 Å². The molecule has 0 bridgehead atoms. The van der Waals surface area contributed by atoms with E-state index in [4.69, 9.17) is 14.2 Å². The summed E-state index contributed by atoms with van der Waals surface area (Å²) in [6.07, 6.45) is 3.46. The molecule has 1 aliphatic rings. The number of para-hydroxylation sites is 2. The van der Waals surface area contributed by atoms with Gasteiger partial charge in [-0.2, -0.15) is 0 Å². The van der Waals surface area contributed by atoms with Crippen LogP contribution >= 0.6 is 11.3 Å². The number of carbonyl (C=O) groups is 1. The van der Waals surface area contributed by atoms with E-state index in [0.29, 0.717) is 50.9 Å². The van der Waals surface area contributed by atoms with Crippen LogP contribution in [0.3, 0.4) is 0 Å². The van der Waals surface area contributed by atoms with E-state index < -0.39 is 12.0 Å². The fourth-order valence-electron chi connectivity index (χ4n) is 4.10. The number of ether oxygens (including phenoxy) is 3. The molecule has 0 unspecified atom stereocenters. The Morgan fingerprint density at radius 3 is 2.53 bits per heavy atom.